The van der Waals surface area contributed by atoms with Gasteiger partial charge in [0.05, 0.1) is 6.54 Å². The van der Waals surface area contributed by atoms with E-state index < -0.39 is 0 Å². The smallest absolute Gasteiger partial charge is 0.193 e. The Hall–Kier alpha value is -1.51. The second kappa shape index (κ2) is 5.01. The number of aryl methyl sites for hydroxylation is 1. The fraction of sp³-hybridized carbons (Fsp3) is 0.533. The maximum atomic E-state index is 4.46. The van der Waals surface area contributed by atoms with Gasteiger partial charge in [-0.05, 0) is 12.5 Å². The lowest BCUT2D eigenvalue weighted by atomic mass is 9.84. The quantitative estimate of drug-likeness (QED) is 0.883. The van der Waals surface area contributed by atoms with Gasteiger partial charge in [0.1, 0.15) is 0 Å². The summed E-state index contributed by atoms with van der Waals surface area (Å²) >= 11 is 0. The van der Waals surface area contributed by atoms with Crippen molar-refractivity contribution < 1.29 is 0 Å². The van der Waals surface area contributed by atoms with E-state index in [9.17, 15) is 0 Å². The Bertz CT molecular complexity index is 432. The van der Waals surface area contributed by atoms with E-state index in [1.54, 1.807) is 0 Å². The van der Waals surface area contributed by atoms with Gasteiger partial charge in [0.2, 0.25) is 0 Å². The summed E-state index contributed by atoms with van der Waals surface area (Å²) < 4.78 is 0. The topological polar surface area (TPSA) is 27.6 Å². The number of benzene rings is 1. The van der Waals surface area contributed by atoms with Crippen molar-refractivity contribution in [3.63, 3.8) is 0 Å². The summed E-state index contributed by atoms with van der Waals surface area (Å²) in [6.07, 6.45) is 0. The van der Waals surface area contributed by atoms with Crippen LogP contribution in [0.25, 0.3) is 0 Å². The number of nitrogens with one attached hydrogen (secondary N) is 1. The second-order valence-corrected chi connectivity index (χ2v) is 5.73. The van der Waals surface area contributed by atoms with Gasteiger partial charge < -0.3 is 10.2 Å². The van der Waals surface area contributed by atoms with Crippen LogP contribution in [0.4, 0.5) is 0 Å². The van der Waals surface area contributed by atoms with Crippen LogP contribution in [0.5, 0.6) is 0 Å². The molecule has 0 unspecified atom stereocenters. The SMILES string of the molecule is Cc1ccc(C(C)(C)CNC2=NCCN2C)cc1. The largest absolute Gasteiger partial charge is 0.355 e. The van der Waals surface area contributed by atoms with E-state index in [-0.39, 0.29) is 5.41 Å². The van der Waals surface area contributed by atoms with E-state index in [0.717, 1.165) is 25.6 Å². The molecular weight excluding hydrogens is 222 g/mol. The zero-order valence-corrected chi connectivity index (χ0v) is 11.8. The van der Waals surface area contributed by atoms with Crippen molar-refractivity contribution in [1.82, 2.24) is 10.2 Å². The summed E-state index contributed by atoms with van der Waals surface area (Å²) in [4.78, 5) is 6.63. The first-order valence-corrected chi connectivity index (χ1v) is 6.56. The van der Waals surface area contributed by atoms with Crippen molar-refractivity contribution in [3.8, 4) is 0 Å². The predicted molar refractivity (Wildman–Crippen MR) is 77.1 cm³/mol. The van der Waals surface area contributed by atoms with Gasteiger partial charge in [0.25, 0.3) is 0 Å². The molecule has 0 amide bonds. The maximum absolute atomic E-state index is 4.46. The summed E-state index contributed by atoms with van der Waals surface area (Å²) in [5, 5.41) is 3.46. The second-order valence-electron chi connectivity index (χ2n) is 5.73. The molecule has 0 radical (unpaired) electrons. The van der Waals surface area contributed by atoms with Crippen LogP contribution >= 0.6 is 0 Å². The average molecular weight is 245 g/mol. The fourth-order valence-electron chi connectivity index (χ4n) is 2.13. The van der Waals surface area contributed by atoms with Gasteiger partial charge in [0, 0.05) is 25.6 Å². The molecule has 0 spiro atoms. The van der Waals surface area contributed by atoms with Crippen LogP contribution in [-0.4, -0.2) is 37.5 Å². The molecule has 1 aromatic carbocycles. The third-order valence-corrected chi connectivity index (χ3v) is 3.58. The first-order valence-electron chi connectivity index (χ1n) is 6.56. The lowest BCUT2D eigenvalue weighted by Gasteiger charge is -2.27. The van der Waals surface area contributed by atoms with Gasteiger partial charge in [-0.25, -0.2) is 0 Å². The van der Waals surface area contributed by atoms with Gasteiger partial charge in [-0.1, -0.05) is 43.7 Å². The number of rotatable bonds is 3. The average Bonchev–Trinajstić information content (AvgIpc) is 2.73. The highest BCUT2D eigenvalue weighted by molar-refractivity contribution is 5.81. The number of guanidine groups is 1. The summed E-state index contributed by atoms with van der Waals surface area (Å²) in [5.41, 5.74) is 2.78. The van der Waals surface area contributed by atoms with E-state index in [2.05, 4.69) is 67.3 Å². The van der Waals surface area contributed by atoms with E-state index in [1.165, 1.54) is 11.1 Å². The van der Waals surface area contributed by atoms with E-state index in [0.29, 0.717) is 0 Å². The minimum Gasteiger partial charge on any atom is -0.355 e. The Morgan fingerprint density at radius 2 is 1.94 bits per heavy atom. The lowest BCUT2D eigenvalue weighted by molar-refractivity contribution is 0.480. The summed E-state index contributed by atoms with van der Waals surface area (Å²) in [6, 6.07) is 8.79. The molecule has 1 heterocycles. The molecule has 0 bridgehead atoms. The molecule has 1 aliphatic heterocycles. The molecule has 0 aliphatic carbocycles. The number of nitrogens with zero attached hydrogens (tertiary/aromatic N) is 2. The zero-order valence-electron chi connectivity index (χ0n) is 11.8. The number of aliphatic imine (C=N–C) groups is 1. The molecule has 2 rings (SSSR count). The van der Waals surface area contributed by atoms with E-state index in [1.807, 2.05) is 0 Å². The van der Waals surface area contributed by atoms with Gasteiger partial charge >= 0.3 is 0 Å². The zero-order chi connectivity index (χ0) is 13.2. The monoisotopic (exact) mass is 245 g/mol. The van der Waals surface area contributed by atoms with Crippen molar-refractivity contribution in [1.29, 1.82) is 0 Å². The first kappa shape index (κ1) is 12.9. The van der Waals surface area contributed by atoms with Crippen LogP contribution in [0.15, 0.2) is 29.3 Å². The Morgan fingerprint density at radius 1 is 1.28 bits per heavy atom. The van der Waals surface area contributed by atoms with Crippen LogP contribution in [0.1, 0.15) is 25.0 Å². The van der Waals surface area contributed by atoms with Crippen LogP contribution in [0.3, 0.4) is 0 Å². The number of hydrogen-bond acceptors (Lipinski definition) is 3. The fourth-order valence-corrected chi connectivity index (χ4v) is 2.13. The summed E-state index contributed by atoms with van der Waals surface area (Å²) in [7, 11) is 2.08. The minimum absolute atomic E-state index is 0.111. The molecule has 0 saturated heterocycles. The van der Waals surface area contributed by atoms with Crippen molar-refractivity contribution in [2.24, 2.45) is 4.99 Å². The molecule has 1 aromatic rings. The molecule has 0 atom stereocenters. The van der Waals surface area contributed by atoms with Crippen molar-refractivity contribution >= 4 is 5.96 Å². The maximum Gasteiger partial charge on any atom is 0.193 e. The molecule has 98 valence electrons. The molecule has 1 N–H and O–H groups in total. The predicted octanol–water partition coefficient (Wildman–Crippen LogP) is 2.16. The van der Waals surface area contributed by atoms with Crippen molar-refractivity contribution in [2.75, 3.05) is 26.7 Å². The Kier molecular flexibility index (Phi) is 3.60. The molecule has 0 saturated carbocycles. The Morgan fingerprint density at radius 3 is 2.50 bits per heavy atom. The molecule has 0 fully saturated rings. The number of likely N-dealkylation sites (N-methyl/N-ethyl adjacent to an activating group) is 1. The summed E-state index contributed by atoms with van der Waals surface area (Å²) in [5.74, 6) is 1.02. The first-order chi connectivity index (χ1) is 8.49. The third-order valence-electron chi connectivity index (χ3n) is 3.58. The standard InChI is InChI=1S/C15H23N3/c1-12-5-7-13(8-6-12)15(2,3)11-17-14-16-9-10-18(14)4/h5-8H,9-11H2,1-4H3,(H,16,17). The van der Waals surface area contributed by atoms with Crippen LogP contribution in [-0.2, 0) is 5.41 Å². The molecule has 3 nitrogen and oxygen atoms in total. The van der Waals surface area contributed by atoms with E-state index >= 15 is 0 Å². The Labute approximate surface area is 110 Å². The molecule has 18 heavy (non-hydrogen) atoms. The van der Waals surface area contributed by atoms with Gasteiger partial charge in [-0.3, -0.25) is 4.99 Å². The van der Waals surface area contributed by atoms with Crippen LogP contribution in [0.2, 0.25) is 0 Å². The van der Waals surface area contributed by atoms with Gasteiger partial charge in [-0.2, -0.15) is 0 Å². The normalized spacial score (nSPS) is 15.8. The molecule has 0 aromatic heterocycles. The minimum atomic E-state index is 0.111. The van der Waals surface area contributed by atoms with Gasteiger partial charge in [0.15, 0.2) is 5.96 Å². The van der Waals surface area contributed by atoms with Crippen LogP contribution < -0.4 is 5.32 Å². The molecule has 3 heteroatoms. The lowest BCUT2D eigenvalue weighted by Crippen LogP contribution is -2.42. The van der Waals surface area contributed by atoms with Gasteiger partial charge in [-0.15, -0.1) is 0 Å². The van der Waals surface area contributed by atoms with Crippen molar-refractivity contribution in [2.45, 2.75) is 26.2 Å². The van der Waals surface area contributed by atoms with Crippen molar-refractivity contribution in [3.05, 3.63) is 35.4 Å². The summed E-state index contributed by atoms with van der Waals surface area (Å²) in [6.45, 7) is 9.48. The third kappa shape index (κ3) is 2.84. The molecular formula is C15H23N3. The Balaban J connectivity index is 2.00. The van der Waals surface area contributed by atoms with E-state index in [4.69, 9.17) is 0 Å². The number of hydrogen-bond donors (Lipinski definition) is 1. The highest BCUT2D eigenvalue weighted by Crippen LogP contribution is 2.22. The highest BCUT2D eigenvalue weighted by atomic mass is 15.3. The van der Waals surface area contributed by atoms with Crippen LogP contribution in [0, 0.1) is 6.92 Å². The molecule has 1 aliphatic rings. The highest BCUT2D eigenvalue weighted by Gasteiger charge is 2.22.